The van der Waals surface area contributed by atoms with Gasteiger partial charge in [0, 0.05) is 18.0 Å². The lowest BCUT2D eigenvalue weighted by Crippen LogP contribution is -2.34. The number of rotatable bonds is 4. The van der Waals surface area contributed by atoms with E-state index in [1.54, 1.807) is 0 Å². The van der Waals surface area contributed by atoms with Gasteiger partial charge in [-0.05, 0) is 69.3 Å². The van der Waals surface area contributed by atoms with Crippen molar-refractivity contribution in [1.82, 2.24) is 5.32 Å². The highest BCUT2D eigenvalue weighted by Gasteiger charge is 2.16. The predicted molar refractivity (Wildman–Crippen MR) is 79.9 cm³/mol. The molecule has 0 aliphatic carbocycles. The summed E-state index contributed by atoms with van der Waals surface area (Å²) < 4.78 is 0. The van der Waals surface area contributed by atoms with Crippen molar-refractivity contribution in [1.29, 1.82) is 0 Å². The van der Waals surface area contributed by atoms with E-state index in [0.29, 0.717) is 18.2 Å². The summed E-state index contributed by atoms with van der Waals surface area (Å²) in [4.78, 5) is 12.3. The van der Waals surface area contributed by atoms with Crippen LogP contribution >= 0.6 is 0 Å². The number of Topliss-reactive ketones (excluding diaryl/α,β-unsaturated/α-hetero) is 1. The Morgan fingerprint density at radius 3 is 2.58 bits per heavy atom. The Labute approximate surface area is 116 Å². The lowest BCUT2D eigenvalue weighted by molar-refractivity contribution is 0.0973. The molecule has 1 aromatic carbocycles. The average Bonchev–Trinajstić information content (AvgIpc) is 2.41. The molecule has 104 valence electrons. The molecule has 0 aromatic heterocycles. The topological polar surface area (TPSA) is 29.1 Å². The van der Waals surface area contributed by atoms with Crippen molar-refractivity contribution in [2.45, 2.75) is 58.9 Å². The van der Waals surface area contributed by atoms with Crippen LogP contribution in [0, 0.1) is 20.8 Å². The second kappa shape index (κ2) is 6.33. The van der Waals surface area contributed by atoms with Crippen LogP contribution in [0.1, 0.15) is 59.2 Å². The number of piperidine rings is 1. The van der Waals surface area contributed by atoms with E-state index in [9.17, 15) is 4.79 Å². The van der Waals surface area contributed by atoms with Crippen LogP contribution in [0.3, 0.4) is 0 Å². The highest BCUT2D eigenvalue weighted by molar-refractivity contribution is 5.97. The Kier molecular flexibility index (Phi) is 4.76. The van der Waals surface area contributed by atoms with E-state index in [1.165, 1.54) is 30.4 Å². The number of carbonyl (C=O) groups excluding carboxylic acids is 1. The lowest BCUT2D eigenvalue weighted by atomic mass is 9.93. The van der Waals surface area contributed by atoms with Gasteiger partial charge in [0.2, 0.25) is 0 Å². The summed E-state index contributed by atoms with van der Waals surface area (Å²) in [5.74, 6) is 0.299. The van der Waals surface area contributed by atoms with Gasteiger partial charge in [-0.2, -0.15) is 0 Å². The number of carbonyl (C=O) groups is 1. The summed E-state index contributed by atoms with van der Waals surface area (Å²) in [5.41, 5.74) is 4.51. The van der Waals surface area contributed by atoms with E-state index in [2.05, 4.69) is 31.3 Å². The van der Waals surface area contributed by atoms with Crippen LogP contribution in [0.2, 0.25) is 0 Å². The Morgan fingerprint density at radius 1 is 1.16 bits per heavy atom. The second-order valence-corrected chi connectivity index (χ2v) is 5.86. The van der Waals surface area contributed by atoms with Crippen molar-refractivity contribution < 1.29 is 4.79 Å². The van der Waals surface area contributed by atoms with Crippen LogP contribution in [0.15, 0.2) is 12.1 Å². The Hall–Kier alpha value is -1.15. The van der Waals surface area contributed by atoms with Crippen LogP contribution in [-0.2, 0) is 0 Å². The smallest absolute Gasteiger partial charge is 0.163 e. The molecule has 2 nitrogen and oxygen atoms in total. The molecular weight excluding hydrogens is 234 g/mol. The first-order valence-electron chi connectivity index (χ1n) is 7.42. The fraction of sp³-hybridized carbons (Fsp3) is 0.588. The van der Waals surface area contributed by atoms with Crippen LogP contribution in [0.25, 0.3) is 0 Å². The van der Waals surface area contributed by atoms with Gasteiger partial charge in [0.25, 0.3) is 0 Å². The zero-order chi connectivity index (χ0) is 13.8. The van der Waals surface area contributed by atoms with E-state index in [0.717, 1.165) is 24.1 Å². The second-order valence-electron chi connectivity index (χ2n) is 5.86. The Balaban J connectivity index is 1.97. The largest absolute Gasteiger partial charge is 0.314 e. The van der Waals surface area contributed by atoms with Gasteiger partial charge >= 0.3 is 0 Å². The number of benzene rings is 1. The van der Waals surface area contributed by atoms with Gasteiger partial charge in [-0.25, -0.2) is 0 Å². The summed E-state index contributed by atoms with van der Waals surface area (Å²) in [5, 5.41) is 3.51. The SMILES string of the molecule is Cc1cc(C)c(C(=O)CCC2CCCCN2)cc1C. The molecule has 1 atom stereocenters. The summed E-state index contributed by atoms with van der Waals surface area (Å²) in [7, 11) is 0. The molecule has 1 unspecified atom stereocenters. The van der Waals surface area contributed by atoms with Gasteiger partial charge < -0.3 is 5.32 Å². The fourth-order valence-electron chi connectivity index (χ4n) is 2.87. The molecule has 19 heavy (non-hydrogen) atoms. The van der Waals surface area contributed by atoms with Crippen molar-refractivity contribution in [2.24, 2.45) is 0 Å². The number of aryl methyl sites for hydroxylation is 3. The molecule has 0 saturated carbocycles. The molecule has 2 heteroatoms. The average molecular weight is 259 g/mol. The normalized spacial score (nSPS) is 19.4. The number of ketones is 1. The molecule has 0 bridgehead atoms. The van der Waals surface area contributed by atoms with Crippen molar-refractivity contribution in [3.05, 3.63) is 34.4 Å². The molecule has 0 radical (unpaired) electrons. The third-order valence-corrected chi connectivity index (χ3v) is 4.27. The maximum atomic E-state index is 12.3. The van der Waals surface area contributed by atoms with Crippen LogP contribution in [0.4, 0.5) is 0 Å². The number of hydrogen-bond acceptors (Lipinski definition) is 2. The molecule has 1 fully saturated rings. The minimum absolute atomic E-state index is 0.299. The summed E-state index contributed by atoms with van der Waals surface area (Å²) in [6.07, 6.45) is 5.45. The third-order valence-electron chi connectivity index (χ3n) is 4.27. The van der Waals surface area contributed by atoms with E-state index in [4.69, 9.17) is 0 Å². The van der Waals surface area contributed by atoms with E-state index >= 15 is 0 Å². The summed E-state index contributed by atoms with van der Waals surface area (Å²) in [6, 6.07) is 4.73. The molecule has 0 spiro atoms. The Morgan fingerprint density at radius 2 is 1.89 bits per heavy atom. The monoisotopic (exact) mass is 259 g/mol. The van der Waals surface area contributed by atoms with E-state index in [1.807, 2.05) is 6.92 Å². The standard InChI is InChI=1S/C17H25NO/c1-12-10-14(3)16(11-13(12)2)17(19)8-7-15-6-4-5-9-18-15/h10-11,15,18H,4-9H2,1-3H3. The number of nitrogens with one attached hydrogen (secondary N) is 1. The molecule has 1 saturated heterocycles. The first-order valence-corrected chi connectivity index (χ1v) is 7.42. The molecule has 1 aromatic rings. The maximum Gasteiger partial charge on any atom is 0.163 e. The molecule has 2 rings (SSSR count). The minimum Gasteiger partial charge on any atom is -0.314 e. The predicted octanol–water partition coefficient (Wildman–Crippen LogP) is 3.72. The van der Waals surface area contributed by atoms with Crippen LogP contribution < -0.4 is 5.32 Å². The summed E-state index contributed by atoms with van der Waals surface area (Å²) in [6.45, 7) is 7.33. The van der Waals surface area contributed by atoms with Crippen molar-refractivity contribution in [3.63, 3.8) is 0 Å². The zero-order valence-electron chi connectivity index (χ0n) is 12.4. The molecular formula is C17H25NO. The Bertz CT molecular complexity index is 459. The lowest BCUT2D eigenvalue weighted by Gasteiger charge is -2.23. The van der Waals surface area contributed by atoms with Gasteiger partial charge in [0.1, 0.15) is 0 Å². The zero-order valence-corrected chi connectivity index (χ0v) is 12.4. The minimum atomic E-state index is 0.299. The highest BCUT2D eigenvalue weighted by atomic mass is 16.1. The summed E-state index contributed by atoms with van der Waals surface area (Å²) >= 11 is 0. The van der Waals surface area contributed by atoms with Gasteiger partial charge in [-0.1, -0.05) is 12.5 Å². The first kappa shape index (κ1) is 14.3. The van der Waals surface area contributed by atoms with Crippen molar-refractivity contribution in [2.75, 3.05) is 6.54 Å². The molecule has 1 aliphatic rings. The first-order chi connectivity index (χ1) is 9.08. The highest BCUT2D eigenvalue weighted by Crippen LogP contribution is 2.19. The number of hydrogen-bond donors (Lipinski definition) is 1. The molecule has 0 amide bonds. The van der Waals surface area contributed by atoms with Gasteiger partial charge in [0.05, 0.1) is 0 Å². The fourth-order valence-corrected chi connectivity index (χ4v) is 2.87. The quantitative estimate of drug-likeness (QED) is 0.835. The van der Waals surface area contributed by atoms with Gasteiger partial charge in [0.15, 0.2) is 5.78 Å². The van der Waals surface area contributed by atoms with Gasteiger partial charge in [-0.3, -0.25) is 4.79 Å². The molecule has 1 N–H and O–H groups in total. The van der Waals surface area contributed by atoms with Gasteiger partial charge in [-0.15, -0.1) is 0 Å². The van der Waals surface area contributed by atoms with Crippen LogP contribution in [-0.4, -0.2) is 18.4 Å². The molecule has 1 heterocycles. The van der Waals surface area contributed by atoms with Crippen molar-refractivity contribution >= 4 is 5.78 Å². The maximum absolute atomic E-state index is 12.3. The molecule has 1 aliphatic heterocycles. The van der Waals surface area contributed by atoms with E-state index in [-0.39, 0.29) is 0 Å². The third kappa shape index (κ3) is 3.66. The van der Waals surface area contributed by atoms with Crippen LogP contribution in [0.5, 0.6) is 0 Å². The van der Waals surface area contributed by atoms with E-state index < -0.39 is 0 Å². The van der Waals surface area contributed by atoms with Crippen molar-refractivity contribution in [3.8, 4) is 0 Å².